The number of amides is 1. The molecule has 9 heteroatoms. The van der Waals surface area contributed by atoms with Crippen molar-refractivity contribution in [2.75, 3.05) is 40.9 Å². The van der Waals surface area contributed by atoms with Gasteiger partial charge >= 0.3 is 7.82 Å². The van der Waals surface area contributed by atoms with E-state index < -0.39 is 20.0 Å². The van der Waals surface area contributed by atoms with Crippen molar-refractivity contribution in [3.05, 3.63) is 72.9 Å². The Morgan fingerprint density at radius 1 is 0.461 bits per heavy atom. The maximum atomic E-state index is 13.0. The van der Waals surface area contributed by atoms with Gasteiger partial charge in [0.2, 0.25) is 5.91 Å². The number of carbonyl (C=O) groups is 1. The van der Waals surface area contributed by atoms with Crippen LogP contribution in [-0.4, -0.2) is 73.4 Å². The molecule has 0 bridgehead atoms. The number of aliphatic hydroxyl groups is 1. The first kappa shape index (κ1) is 73.9. The lowest BCUT2D eigenvalue weighted by molar-refractivity contribution is -0.870. The maximum absolute atomic E-state index is 13.0. The summed E-state index contributed by atoms with van der Waals surface area (Å²) in [6.45, 7) is 4.72. The van der Waals surface area contributed by atoms with Crippen LogP contribution >= 0.6 is 7.82 Å². The molecule has 0 rings (SSSR count). The molecular weight excluding hydrogens is 960 g/mol. The van der Waals surface area contributed by atoms with Crippen LogP contribution < -0.4 is 5.32 Å². The minimum Gasteiger partial charge on any atom is -0.387 e. The van der Waals surface area contributed by atoms with E-state index in [0.717, 1.165) is 64.2 Å². The molecule has 0 radical (unpaired) electrons. The Morgan fingerprint density at radius 3 is 1.21 bits per heavy atom. The Kier molecular flexibility index (Phi) is 56.1. The van der Waals surface area contributed by atoms with E-state index in [1.165, 1.54) is 212 Å². The first-order chi connectivity index (χ1) is 37.0. The first-order valence-electron chi connectivity index (χ1n) is 32.3. The fourth-order valence-corrected chi connectivity index (χ4v) is 10.1. The molecule has 0 aliphatic rings. The number of phosphoric acid groups is 1. The number of quaternary nitrogens is 1. The predicted octanol–water partition coefficient (Wildman–Crippen LogP) is 20.2. The average molecular weight is 1090 g/mol. The van der Waals surface area contributed by atoms with E-state index in [1.54, 1.807) is 6.08 Å². The molecular formula is C67H126N2O6P+. The summed E-state index contributed by atoms with van der Waals surface area (Å²) in [6.07, 6.45) is 80.3. The van der Waals surface area contributed by atoms with Gasteiger partial charge in [0.25, 0.3) is 0 Å². The molecule has 1 amide bonds. The summed E-state index contributed by atoms with van der Waals surface area (Å²) in [5, 5.41) is 14.0. The van der Waals surface area contributed by atoms with Gasteiger partial charge in [-0.05, 0) is 70.6 Å². The smallest absolute Gasteiger partial charge is 0.387 e. The molecule has 0 aromatic carbocycles. The zero-order chi connectivity index (χ0) is 55.6. The molecule has 0 fully saturated rings. The van der Waals surface area contributed by atoms with E-state index in [1.807, 2.05) is 27.2 Å². The van der Waals surface area contributed by atoms with Gasteiger partial charge < -0.3 is 19.8 Å². The van der Waals surface area contributed by atoms with Crippen molar-refractivity contribution in [2.24, 2.45) is 0 Å². The highest BCUT2D eigenvalue weighted by Gasteiger charge is 2.27. The molecule has 3 N–H and O–H groups in total. The Morgan fingerprint density at radius 2 is 0.803 bits per heavy atom. The fourth-order valence-electron chi connectivity index (χ4n) is 9.41. The van der Waals surface area contributed by atoms with E-state index in [4.69, 9.17) is 9.05 Å². The van der Waals surface area contributed by atoms with Gasteiger partial charge in [0, 0.05) is 6.42 Å². The molecule has 444 valence electrons. The van der Waals surface area contributed by atoms with E-state index >= 15 is 0 Å². The second-order valence-corrected chi connectivity index (χ2v) is 24.6. The van der Waals surface area contributed by atoms with Gasteiger partial charge in [-0.25, -0.2) is 4.57 Å². The molecule has 0 saturated heterocycles. The number of aliphatic hydroxyl groups excluding tert-OH is 1. The number of nitrogens with one attached hydrogen (secondary N) is 1. The number of likely N-dealkylation sites (N-methyl/N-ethyl adjacent to an activating group) is 1. The van der Waals surface area contributed by atoms with Crippen molar-refractivity contribution in [1.29, 1.82) is 0 Å². The van der Waals surface area contributed by atoms with Crippen molar-refractivity contribution >= 4 is 13.7 Å². The zero-order valence-corrected chi connectivity index (χ0v) is 51.6. The van der Waals surface area contributed by atoms with Crippen molar-refractivity contribution < 1.29 is 32.9 Å². The van der Waals surface area contributed by atoms with Crippen molar-refractivity contribution in [3.8, 4) is 0 Å². The number of phosphoric ester groups is 1. The highest BCUT2D eigenvalue weighted by molar-refractivity contribution is 7.47. The standard InChI is InChI=1S/C67H125N2O6P/c1-6-8-10-12-14-16-18-20-22-24-26-28-30-31-32-33-34-35-36-37-39-41-43-45-47-49-51-53-55-57-59-61-67(71)68-65(64-75-76(72,73)74-63-62-69(3,4)5)66(70)60-58-56-54-52-50-48-46-44-42-40-38-29-27-25-23-21-19-17-15-13-11-9-7-2/h8,10,14,16,20,22,26,28,50,52,58,60,65-66,70H,6-7,9,11-13,15,17-19,21,23-25,27,29-49,51,53-57,59,61-64H2,1-5H3,(H-,68,71,72,73)/p+1/b10-8-,16-14-,22-20-,28-26-,52-50+,60-58+. The number of nitrogens with zero attached hydrogens (tertiary/aromatic N) is 1. The van der Waals surface area contributed by atoms with Crippen LogP contribution in [0.5, 0.6) is 0 Å². The molecule has 0 aliphatic heterocycles. The van der Waals surface area contributed by atoms with Gasteiger partial charge in [-0.1, -0.05) is 292 Å². The van der Waals surface area contributed by atoms with E-state index in [2.05, 4.69) is 79.9 Å². The third kappa shape index (κ3) is 59.6. The first-order valence-corrected chi connectivity index (χ1v) is 33.8. The SMILES string of the molecule is CC/C=C\C/C=C\C/C=C\C/C=C\CCCCCCCCCCCCCCCCCCCCC(=O)NC(COP(=O)(O)OCC[N+](C)(C)C)C(O)/C=C/CC/C=C/CCCCCCCCCCCCCCCCCCC. The fraction of sp³-hybridized carbons (Fsp3) is 0.806. The van der Waals surface area contributed by atoms with Crippen LogP contribution in [0.1, 0.15) is 296 Å². The number of rotatable bonds is 59. The lowest BCUT2D eigenvalue weighted by atomic mass is 10.0. The van der Waals surface area contributed by atoms with E-state index in [-0.39, 0.29) is 19.1 Å². The number of allylic oxidation sites excluding steroid dienone is 11. The minimum atomic E-state index is -4.36. The molecule has 0 aromatic rings. The summed E-state index contributed by atoms with van der Waals surface area (Å²) in [5.74, 6) is -0.184. The van der Waals surface area contributed by atoms with Gasteiger partial charge in [-0.3, -0.25) is 13.8 Å². The number of unbranched alkanes of at least 4 members (excludes halogenated alkanes) is 36. The average Bonchev–Trinajstić information content (AvgIpc) is 3.38. The molecule has 0 spiro atoms. The second-order valence-electron chi connectivity index (χ2n) is 23.1. The molecule has 3 unspecified atom stereocenters. The Hall–Kier alpha value is -2.06. The summed E-state index contributed by atoms with van der Waals surface area (Å²) in [4.78, 5) is 23.4. The summed E-state index contributed by atoms with van der Waals surface area (Å²) in [5.41, 5.74) is 0. The number of carbonyl (C=O) groups excluding carboxylic acids is 1. The van der Waals surface area contributed by atoms with Crippen LogP contribution in [0.4, 0.5) is 0 Å². The van der Waals surface area contributed by atoms with E-state index in [0.29, 0.717) is 17.4 Å². The molecule has 8 nitrogen and oxygen atoms in total. The summed E-state index contributed by atoms with van der Waals surface area (Å²) in [7, 11) is 1.56. The molecule has 0 saturated carbocycles. The summed E-state index contributed by atoms with van der Waals surface area (Å²) in [6, 6.07) is -0.866. The van der Waals surface area contributed by atoms with Gasteiger partial charge in [0.1, 0.15) is 13.2 Å². The van der Waals surface area contributed by atoms with Crippen molar-refractivity contribution in [3.63, 3.8) is 0 Å². The Balaban J connectivity index is 4.13. The number of hydrogen-bond acceptors (Lipinski definition) is 5. The highest BCUT2D eigenvalue weighted by atomic mass is 31.2. The van der Waals surface area contributed by atoms with Crippen LogP contribution in [0.25, 0.3) is 0 Å². The molecule has 0 aromatic heterocycles. The minimum absolute atomic E-state index is 0.0554. The van der Waals surface area contributed by atoms with Crippen molar-refractivity contribution in [2.45, 2.75) is 309 Å². The zero-order valence-electron chi connectivity index (χ0n) is 50.7. The van der Waals surface area contributed by atoms with Crippen LogP contribution in [0.2, 0.25) is 0 Å². The summed E-state index contributed by atoms with van der Waals surface area (Å²) < 4.78 is 23.8. The second kappa shape index (κ2) is 57.6. The molecule has 0 heterocycles. The van der Waals surface area contributed by atoms with Gasteiger partial charge in [0.05, 0.1) is 39.9 Å². The Bertz CT molecular complexity index is 1470. The Labute approximate surface area is 472 Å². The highest BCUT2D eigenvalue weighted by Crippen LogP contribution is 2.43. The van der Waals surface area contributed by atoms with Crippen molar-refractivity contribution in [1.82, 2.24) is 5.32 Å². The summed E-state index contributed by atoms with van der Waals surface area (Å²) >= 11 is 0. The van der Waals surface area contributed by atoms with Crippen LogP contribution in [-0.2, 0) is 18.4 Å². The molecule has 76 heavy (non-hydrogen) atoms. The van der Waals surface area contributed by atoms with Gasteiger partial charge in [-0.2, -0.15) is 0 Å². The molecule has 0 aliphatic carbocycles. The quantitative estimate of drug-likeness (QED) is 0.0243. The van der Waals surface area contributed by atoms with Crippen LogP contribution in [0, 0.1) is 0 Å². The lowest BCUT2D eigenvalue weighted by Gasteiger charge is -2.25. The number of hydrogen-bond donors (Lipinski definition) is 3. The largest absolute Gasteiger partial charge is 0.472 e. The van der Waals surface area contributed by atoms with Gasteiger partial charge in [0.15, 0.2) is 0 Å². The predicted molar refractivity (Wildman–Crippen MR) is 332 cm³/mol. The lowest BCUT2D eigenvalue weighted by Crippen LogP contribution is -2.45. The normalized spacial score (nSPS) is 14.2. The third-order valence-corrected chi connectivity index (χ3v) is 15.4. The monoisotopic (exact) mass is 1090 g/mol. The molecule has 3 atom stereocenters. The maximum Gasteiger partial charge on any atom is 0.472 e. The third-order valence-electron chi connectivity index (χ3n) is 14.4. The van der Waals surface area contributed by atoms with Crippen LogP contribution in [0.15, 0.2) is 72.9 Å². The topological polar surface area (TPSA) is 105 Å². The van der Waals surface area contributed by atoms with E-state index in [9.17, 15) is 19.4 Å². The van der Waals surface area contributed by atoms with Crippen LogP contribution in [0.3, 0.4) is 0 Å². The van der Waals surface area contributed by atoms with Gasteiger partial charge in [-0.15, -0.1) is 0 Å².